The highest BCUT2D eigenvalue weighted by atomic mass is 79.9. The molecule has 0 N–H and O–H groups in total. The first kappa shape index (κ1) is 11.7. The van der Waals surface area contributed by atoms with Crippen LogP contribution in [0.15, 0.2) is 28.7 Å². The second kappa shape index (κ2) is 4.05. The lowest BCUT2D eigenvalue weighted by atomic mass is 9.91. The highest BCUT2D eigenvalue weighted by molar-refractivity contribution is 9.10. The second-order valence-corrected chi connectivity index (χ2v) is 6.08. The third-order valence-corrected chi connectivity index (χ3v) is 3.72. The summed E-state index contributed by atoms with van der Waals surface area (Å²) in [6, 6.07) is 8.12. The zero-order valence-corrected chi connectivity index (χ0v) is 11.3. The highest BCUT2D eigenvalue weighted by Crippen LogP contribution is 2.39. The minimum absolute atomic E-state index is 0.0268. The van der Waals surface area contributed by atoms with Gasteiger partial charge in [-0.3, -0.25) is 0 Å². The number of benzene rings is 1. The van der Waals surface area contributed by atoms with Crippen molar-refractivity contribution in [1.82, 2.24) is 0 Å². The molecule has 1 aromatic rings. The van der Waals surface area contributed by atoms with Gasteiger partial charge in [-0.05, 0) is 17.7 Å². The first-order valence-corrected chi connectivity index (χ1v) is 6.55. The van der Waals surface area contributed by atoms with E-state index >= 15 is 0 Å². The number of rotatable bonds is 2. The van der Waals surface area contributed by atoms with Crippen LogP contribution in [0, 0.1) is 5.41 Å². The maximum Gasteiger partial charge on any atom is 0.287 e. The minimum Gasteiger partial charge on any atom is -0.326 e. The van der Waals surface area contributed by atoms with Crippen LogP contribution in [0.3, 0.4) is 0 Å². The molecule has 0 saturated carbocycles. The number of hydrogen-bond acceptors (Lipinski definition) is 3. The Kier molecular flexibility index (Phi) is 2.78. The fraction of sp³-hybridized carbons (Fsp3) is 0.538. The molecule has 0 atom stereocenters. The number of halogens is 1. The average Bonchev–Trinajstić information content (AvgIpc) is 2.31. The van der Waals surface area contributed by atoms with Gasteiger partial charge >= 0.3 is 0 Å². The van der Waals surface area contributed by atoms with Gasteiger partial charge in [0.25, 0.3) is 5.97 Å². The average molecular weight is 299 g/mol. The van der Waals surface area contributed by atoms with Gasteiger partial charge in [-0.2, -0.15) is 0 Å². The summed E-state index contributed by atoms with van der Waals surface area (Å²) >= 11 is 3.46. The Balaban J connectivity index is 1.77. The largest absolute Gasteiger partial charge is 0.326 e. The number of fused-ring (bicyclic) bond motifs is 3. The Morgan fingerprint density at radius 2 is 1.82 bits per heavy atom. The van der Waals surface area contributed by atoms with E-state index in [1.807, 2.05) is 12.1 Å². The molecule has 3 aliphatic heterocycles. The Morgan fingerprint density at radius 1 is 1.18 bits per heavy atom. The summed E-state index contributed by atoms with van der Waals surface area (Å²) in [5.74, 6) is -0.863. The van der Waals surface area contributed by atoms with E-state index in [1.54, 1.807) is 0 Å². The van der Waals surface area contributed by atoms with Crippen LogP contribution in [0.5, 0.6) is 0 Å². The van der Waals surface area contributed by atoms with Crippen molar-refractivity contribution in [3.05, 3.63) is 34.3 Å². The molecule has 0 aliphatic carbocycles. The summed E-state index contributed by atoms with van der Waals surface area (Å²) < 4.78 is 18.3. The molecule has 4 rings (SSSR count). The van der Waals surface area contributed by atoms with Gasteiger partial charge in [0.2, 0.25) is 0 Å². The summed E-state index contributed by atoms with van der Waals surface area (Å²) in [6.07, 6.45) is 0.628. The molecular formula is C13H15BrO3. The van der Waals surface area contributed by atoms with E-state index in [-0.39, 0.29) is 5.41 Å². The van der Waals surface area contributed by atoms with Gasteiger partial charge < -0.3 is 14.2 Å². The Bertz CT molecular complexity index is 408. The number of hydrogen-bond donors (Lipinski definition) is 0. The smallest absolute Gasteiger partial charge is 0.287 e. The van der Waals surface area contributed by atoms with Gasteiger partial charge in [0.05, 0.1) is 26.2 Å². The first-order chi connectivity index (χ1) is 8.09. The van der Waals surface area contributed by atoms with Crippen LogP contribution in [0.25, 0.3) is 0 Å². The summed E-state index contributed by atoms with van der Waals surface area (Å²) in [5.41, 5.74) is 1.17. The van der Waals surface area contributed by atoms with Gasteiger partial charge in [-0.1, -0.05) is 35.0 Å². The molecule has 17 heavy (non-hydrogen) atoms. The van der Waals surface area contributed by atoms with Crippen molar-refractivity contribution in [2.45, 2.75) is 19.3 Å². The molecule has 0 radical (unpaired) electrons. The summed E-state index contributed by atoms with van der Waals surface area (Å²) in [6.45, 7) is 4.25. The van der Waals surface area contributed by atoms with Crippen molar-refractivity contribution in [3.63, 3.8) is 0 Å². The minimum atomic E-state index is -0.863. The normalized spacial score (nSPS) is 36.1. The topological polar surface area (TPSA) is 27.7 Å². The van der Waals surface area contributed by atoms with Crippen LogP contribution >= 0.6 is 15.9 Å². The van der Waals surface area contributed by atoms with Crippen molar-refractivity contribution in [3.8, 4) is 0 Å². The zero-order chi connectivity index (χ0) is 11.9. The van der Waals surface area contributed by atoms with Crippen LogP contribution in [0.4, 0.5) is 0 Å². The van der Waals surface area contributed by atoms with Crippen LogP contribution < -0.4 is 0 Å². The van der Waals surface area contributed by atoms with Crippen molar-refractivity contribution in [2.75, 3.05) is 19.8 Å². The lowest BCUT2D eigenvalue weighted by Crippen LogP contribution is -2.59. The fourth-order valence-corrected chi connectivity index (χ4v) is 2.60. The van der Waals surface area contributed by atoms with E-state index in [9.17, 15) is 0 Å². The monoisotopic (exact) mass is 298 g/mol. The van der Waals surface area contributed by atoms with E-state index in [1.165, 1.54) is 0 Å². The van der Waals surface area contributed by atoms with Crippen LogP contribution in [-0.2, 0) is 20.6 Å². The van der Waals surface area contributed by atoms with Crippen molar-refractivity contribution < 1.29 is 14.2 Å². The molecule has 92 valence electrons. The lowest BCUT2D eigenvalue weighted by Gasteiger charge is -2.50. The summed E-state index contributed by atoms with van der Waals surface area (Å²) in [7, 11) is 0. The van der Waals surface area contributed by atoms with E-state index in [4.69, 9.17) is 14.2 Å². The van der Waals surface area contributed by atoms with Crippen LogP contribution in [-0.4, -0.2) is 25.8 Å². The van der Waals surface area contributed by atoms with Gasteiger partial charge in [0.1, 0.15) is 0 Å². The Labute approximate surface area is 109 Å². The molecule has 0 unspecified atom stereocenters. The van der Waals surface area contributed by atoms with E-state index < -0.39 is 5.97 Å². The predicted octanol–water partition coefficient (Wildman–Crippen LogP) is 2.73. The molecule has 3 fully saturated rings. The van der Waals surface area contributed by atoms with Crippen LogP contribution in [0.2, 0.25) is 0 Å². The van der Waals surface area contributed by atoms with Crippen molar-refractivity contribution in [2.24, 2.45) is 5.41 Å². The van der Waals surface area contributed by atoms with Gasteiger partial charge in [-0.15, -0.1) is 0 Å². The summed E-state index contributed by atoms with van der Waals surface area (Å²) in [4.78, 5) is 0. The zero-order valence-electron chi connectivity index (χ0n) is 9.74. The van der Waals surface area contributed by atoms with E-state index in [2.05, 4.69) is 35.0 Å². The molecule has 3 saturated heterocycles. The lowest BCUT2D eigenvalue weighted by molar-refractivity contribution is -0.464. The summed E-state index contributed by atoms with van der Waals surface area (Å²) in [5, 5.41) is 0. The molecule has 0 spiro atoms. The Hall–Kier alpha value is -0.420. The maximum absolute atomic E-state index is 5.75. The molecule has 2 bridgehead atoms. The molecule has 3 heterocycles. The first-order valence-electron chi connectivity index (χ1n) is 5.76. The molecule has 4 heteroatoms. The molecule has 1 aromatic carbocycles. The molecule has 0 amide bonds. The van der Waals surface area contributed by atoms with Crippen molar-refractivity contribution in [1.29, 1.82) is 0 Å². The Morgan fingerprint density at radius 3 is 2.41 bits per heavy atom. The highest BCUT2D eigenvalue weighted by Gasteiger charge is 2.50. The van der Waals surface area contributed by atoms with Gasteiger partial charge in [0, 0.05) is 9.89 Å². The third kappa shape index (κ3) is 2.27. The van der Waals surface area contributed by atoms with Crippen LogP contribution in [0.1, 0.15) is 12.5 Å². The van der Waals surface area contributed by atoms with E-state index in [0.29, 0.717) is 26.2 Å². The second-order valence-electron chi connectivity index (χ2n) is 5.17. The standard InChI is InChI=1S/C13H15BrO3/c1-12-7-15-13(16-8-12,17-9-12)6-10-3-2-4-11(14)5-10/h2-5H,6-9H2,1H3. The van der Waals surface area contributed by atoms with E-state index in [0.717, 1.165) is 10.0 Å². The number of ether oxygens (including phenoxy) is 3. The molecule has 3 aliphatic rings. The van der Waals surface area contributed by atoms with Crippen molar-refractivity contribution >= 4 is 15.9 Å². The van der Waals surface area contributed by atoms with Gasteiger partial charge in [-0.25, -0.2) is 0 Å². The molecule has 3 nitrogen and oxygen atoms in total. The quantitative estimate of drug-likeness (QED) is 0.840. The SMILES string of the molecule is CC12COC(Cc3cccc(Br)c3)(OC1)OC2. The van der Waals surface area contributed by atoms with Gasteiger partial charge in [0.15, 0.2) is 0 Å². The fourth-order valence-electron chi connectivity index (χ4n) is 2.15. The maximum atomic E-state index is 5.75. The third-order valence-electron chi connectivity index (χ3n) is 3.23. The predicted molar refractivity (Wildman–Crippen MR) is 66.5 cm³/mol. The molecule has 0 aromatic heterocycles. The molecular weight excluding hydrogens is 284 g/mol.